The van der Waals surface area contributed by atoms with E-state index in [1.807, 2.05) is 0 Å². The number of carbonyl (C=O) groups excluding carboxylic acids is 1. The van der Waals surface area contributed by atoms with Gasteiger partial charge in [0, 0.05) is 6.54 Å². The van der Waals surface area contributed by atoms with Gasteiger partial charge in [-0.2, -0.15) is 0 Å². The number of hydrogen-bond acceptors (Lipinski definition) is 5. The Morgan fingerprint density at radius 1 is 1.44 bits per heavy atom. The molecule has 0 aliphatic carbocycles. The number of ether oxygens (including phenoxy) is 1. The van der Waals surface area contributed by atoms with Gasteiger partial charge in [0.25, 0.3) is 0 Å². The highest BCUT2D eigenvalue weighted by molar-refractivity contribution is 7.91. The molecule has 1 N–H and O–H groups in total. The summed E-state index contributed by atoms with van der Waals surface area (Å²) in [7, 11) is -3.29. The molecule has 0 aromatic carbocycles. The summed E-state index contributed by atoms with van der Waals surface area (Å²) in [4.78, 5) is 23.6. The van der Waals surface area contributed by atoms with E-state index in [1.54, 1.807) is 13.8 Å². The minimum absolute atomic E-state index is 0.0220. The predicted octanol–water partition coefficient (Wildman–Crippen LogP) is 0.105. The molecule has 0 bridgehead atoms. The second kappa shape index (κ2) is 5.55. The molecule has 18 heavy (non-hydrogen) atoms. The summed E-state index contributed by atoms with van der Waals surface area (Å²) in [6.07, 6.45) is -1.39. The van der Waals surface area contributed by atoms with Crippen molar-refractivity contribution in [2.75, 3.05) is 18.1 Å². The van der Waals surface area contributed by atoms with Gasteiger partial charge in [0.05, 0.1) is 30.1 Å². The molecule has 0 radical (unpaired) electrons. The van der Waals surface area contributed by atoms with Crippen LogP contribution in [0.15, 0.2) is 0 Å². The minimum Gasteiger partial charge on any atom is -0.481 e. The van der Waals surface area contributed by atoms with Crippen LogP contribution in [0.2, 0.25) is 0 Å². The largest absolute Gasteiger partial charge is 0.481 e. The average molecular weight is 279 g/mol. The van der Waals surface area contributed by atoms with E-state index in [0.717, 1.165) is 0 Å². The van der Waals surface area contributed by atoms with Gasteiger partial charge in [-0.25, -0.2) is 13.2 Å². The van der Waals surface area contributed by atoms with E-state index >= 15 is 0 Å². The normalized spacial score (nSPS) is 22.8. The molecule has 1 saturated heterocycles. The van der Waals surface area contributed by atoms with E-state index in [-0.39, 0.29) is 24.2 Å². The molecule has 1 fully saturated rings. The summed E-state index contributed by atoms with van der Waals surface area (Å²) in [6.45, 7) is 3.32. The van der Waals surface area contributed by atoms with Gasteiger partial charge < -0.3 is 14.7 Å². The van der Waals surface area contributed by atoms with Gasteiger partial charge >= 0.3 is 12.1 Å². The molecule has 1 heterocycles. The summed E-state index contributed by atoms with van der Waals surface area (Å²) in [5.41, 5.74) is 0. The fraction of sp³-hybridized carbons (Fsp3) is 0.800. The standard InChI is InChI=1S/C10H17NO6S/c1-7(2)17-10(14)11-3-4-18(15,16)6-8(11)5-9(12)13/h7-8H,3-6H2,1-2H3,(H,12,13). The predicted molar refractivity (Wildman–Crippen MR) is 63.0 cm³/mol. The fourth-order valence-corrected chi connectivity index (χ4v) is 3.29. The first-order chi connectivity index (χ1) is 8.21. The number of nitrogens with zero attached hydrogens (tertiary/aromatic N) is 1. The highest BCUT2D eigenvalue weighted by Crippen LogP contribution is 2.16. The first-order valence-electron chi connectivity index (χ1n) is 5.61. The zero-order valence-electron chi connectivity index (χ0n) is 10.3. The van der Waals surface area contributed by atoms with Crippen LogP contribution in [0, 0.1) is 0 Å². The first kappa shape index (κ1) is 14.7. The van der Waals surface area contributed by atoms with Crippen molar-refractivity contribution in [1.82, 2.24) is 4.90 Å². The van der Waals surface area contributed by atoms with Crippen molar-refractivity contribution in [1.29, 1.82) is 0 Å². The molecular formula is C10H17NO6S. The Labute approximate surface area is 106 Å². The Bertz CT molecular complexity index is 430. The number of rotatable bonds is 3. The lowest BCUT2D eigenvalue weighted by molar-refractivity contribution is -0.138. The maximum atomic E-state index is 11.7. The van der Waals surface area contributed by atoms with Crippen molar-refractivity contribution in [3.8, 4) is 0 Å². The van der Waals surface area contributed by atoms with Gasteiger partial charge in [-0.3, -0.25) is 4.79 Å². The second-order valence-corrected chi connectivity index (χ2v) is 6.72. The molecule has 0 aromatic rings. The van der Waals surface area contributed by atoms with Crippen molar-refractivity contribution in [3.05, 3.63) is 0 Å². The highest BCUT2D eigenvalue weighted by Gasteiger charge is 2.36. The summed E-state index contributed by atoms with van der Waals surface area (Å²) >= 11 is 0. The third kappa shape index (κ3) is 4.17. The zero-order valence-corrected chi connectivity index (χ0v) is 11.1. The van der Waals surface area contributed by atoms with Crippen LogP contribution in [0.1, 0.15) is 20.3 Å². The Morgan fingerprint density at radius 2 is 2.06 bits per heavy atom. The Morgan fingerprint density at radius 3 is 2.56 bits per heavy atom. The van der Waals surface area contributed by atoms with Crippen LogP contribution in [0.25, 0.3) is 0 Å². The maximum absolute atomic E-state index is 11.7. The lowest BCUT2D eigenvalue weighted by Crippen LogP contribution is -2.52. The van der Waals surface area contributed by atoms with Crippen LogP contribution in [0.5, 0.6) is 0 Å². The number of carboxylic acids is 1. The van der Waals surface area contributed by atoms with Gasteiger partial charge in [-0.15, -0.1) is 0 Å². The second-order valence-electron chi connectivity index (χ2n) is 4.49. The maximum Gasteiger partial charge on any atom is 0.410 e. The third-order valence-corrected chi connectivity index (χ3v) is 4.21. The number of hydrogen-bond donors (Lipinski definition) is 1. The first-order valence-corrected chi connectivity index (χ1v) is 7.43. The van der Waals surface area contributed by atoms with Crippen molar-refractivity contribution in [2.24, 2.45) is 0 Å². The number of amides is 1. The van der Waals surface area contributed by atoms with Gasteiger partial charge in [0.15, 0.2) is 9.84 Å². The van der Waals surface area contributed by atoms with Gasteiger partial charge in [-0.1, -0.05) is 0 Å². The number of carbonyl (C=O) groups is 2. The van der Waals surface area contributed by atoms with Crippen LogP contribution >= 0.6 is 0 Å². The van der Waals surface area contributed by atoms with Crippen molar-refractivity contribution in [2.45, 2.75) is 32.4 Å². The van der Waals surface area contributed by atoms with Crippen LogP contribution in [-0.2, 0) is 19.4 Å². The summed E-state index contributed by atoms with van der Waals surface area (Å²) in [5, 5.41) is 8.74. The molecular weight excluding hydrogens is 262 g/mol. The highest BCUT2D eigenvalue weighted by atomic mass is 32.2. The molecule has 0 aromatic heterocycles. The number of sulfone groups is 1. The molecule has 1 aliphatic heterocycles. The summed E-state index contributed by atoms with van der Waals surface area (Å²) in [5.74, 6) is -1.62. The minimum atomic E-state index is -3.29. The molecule has 1 aliphatic rings. The molecule has 1 amide bonds. The molecule has 1 unspecified atom stereocenters. The fourth-order valence-electron chi connectivity index (χ4n) is 1.77. The lowest BCUT2D eigenvalue weighted by Gasteiger charge is -2.34. The monoisotopic (exact) mass is 279 g/mol. The third-order valence-electron chi connectivity index (χ3n) is 2.51. The Hall–Kier alpha value is -1.31. The van der Waals surface area contributed by atoms with E-state index in [2.05, 4.69) is 0 Å². The van der Waals surface area contributed by atoms with Crippen molar-refractivity contribution in [3.63, 3.8) is 0 Å². The Kier molecular flexibility index (Phi) is 4.55. The van der Waals surface area contributed by atoms with E-state index in [0.29, 0.717) is 0 Å². The number of aliphatic carboxylic acids is 1. The van der Waals surface area contributed by atoms with Gasteiger partial charge in [0.2, 0.25) is 0 Å². The average Bonchev–Trinajstić information content (AvgIpc) is 2.13. The topological polar surface area (TPSA) is 101 Å². The van der Waals surface area contributed by atoms with E-state index in [9.17, 15) is 18.0 Å². The zero-order chi connectivity index (χ0) is 13.9. The van der Waals surface area contributed by atoms with Crippen molar-refractivity contribution < 1.29 is 27.9 Å². The molecule has 0 saturated carbocycles. The quantitative estimate of drug-likeness (QED) is 0.786. The summed E-state index contributed by atoms with van der Waals surface area (Å²) < 4.78 is 27.9. The molecule has 8 heteroatoms. The molecule has 0 spiro atoms. The van der Waals surface area contributed by atoms with Crippen molar-refractivity contribution >= 4 is 21.9 Å². The van der Waals surface area contributed by atoms with E-state index < -0.39 is 34.4 Å². The van der Waals surface area contributed by atoms with Gasteiger partial charge in [-0.05, 0) is 13.8 Å². The van der Waals surface area contributed by atoms with E-state index in [1.165, 1.54) is 4.90 Å². The van der Waals surface area contributed by atoms with Crippen LogP contribution in [0.4, 0.5) is 4.79 Å². The molecule has 7 nitrogen and oxygen atoms in total. The van der Waals surface area contributed by atoms with Crippen LogP contribution in [-0.4, -0.2) is 60.7 Å². The molecule has 1 atom stereocenters. The van der Waals surface area contributed by atoms with Crippen LogP contribution < -0.4 is 0 Å². The molecule has 104 valence electrons. The number of carboxylic acid groups (broad SMARTS) is 1. The SMILES string of the molecule is CC(C)OC(=O)N1CCS(=O)(=O)CC1CC(=O)O. The van der Waals surface area contributed by atoms with Crippen LogP contribution in [0.3, 0.4) is 0 Å². The lowest BCUT2D eigenvalue weighted by atomic mass is 10.2. The smallest absolute Gasteiger partial charge is 0.410 e. The van der Waals surface area contributed by atoms with Gasteiger partial charge in [0.1, 0.15) is 0 Å². The van der Waals surface area contributed by atoms with E-state index in [4.69, 9.17) is 9.84 Å². The summed E-state index contributed by atoms with van der Waals surface area (Å²) in [6, 6.07) is -0.854. The Balaban J connectivity index is 2.81. The molecule has 1 rings (SSSR count).